The van der Waals surface area contributed by atoms with Crippen LogP contribution in [0.15, 0.2) is 72.9 Å². The summed E-state index contributed by atoms with van der Waals surface area (Å²) in [5, 5.41) is 11.7. The van der Waals surface area contributed by atoms with Crippen molar-refractivity contribution >= 4 is 23.1 Å². The van der Waals surface area contributed by atoms with E-state index in [1.54, 1.807) is 36.5 Å². The highest BCUT2D eigenvalue weighted by atomic mass is 16.6. The van der Waals surface area contributed by atoms with Gasteiger partial charge in [-0.3, -0.25) is 19.8 Å². The number of anilines is 2. The standard InChI is InChI=1S/C23H24N4O3/c1-3-25(4-2)20-14-13-19(16-21(20)27(29)30)23(28)26(22-12-8-9-15-24-22)17-18-10-6-5-7-11-18/h5-16H,3-4,17H2,1-2H3. The van der Waals surface area contributed by atoms with E-state index in [2.05, 4.69) is 4.98 Å². The Morgan fingerprint density at radius 1 is 1.00 bits per heavy atom. The second kappa shape index (κ2) is 9.65. The Labute approximate surface area is 175 Å². The molecule has 0 aliphatic carbocycles. The Hall–Kier alpha value is -3.74. The normalized spacial score (nSPS) is 10.5. The SMILES string of the molecule is CCN(CC)c1ccc(C(=O)N(Cc2ccccc2)c2ccccn2)cc1[N+](=O)[O-]. The minimum absolute atomic E-state index is 0.0785. The number of pyridine rings is 1. The molecule has 0 fully saturated rings. The van der Waals surface area contributed by atoms with Gasteiger partial charge in [-0.05, 0) is 43.7 Å². The topological polar surface area (TPSA) is 79.6 Å². The summed E-state index contributed by atoms with van der Waals surface area (Å²) in [5.74, 6) is 0.147. The first-order valence-corrected chi connectivity index (χ1v) is 9.85. The zero-order valence-electron chi connectivity index (χ0n) is 17.1. The van der Waals surface area contributed by atoms with Crippen molar-refractivity contribution in [2.45, 2.75) is 20.4 Å². The Morgan fingerprint density at radius 3 is 2.30 bits per heavy atom. The minimum Gasteiger partial charge on any atom is -0.367 e. The molecule has 1 aromatic heterocycles. The van der Waals surface area contributed by atoms with Crippen LogP contribution in [-0.2, 0) is 6.54 Å². The lowest BCUT2D eigenvalue weighted by Gasteiger charge is -2.23. The van der Waals surface area contributed by atoms with Crippen molar-refractivity contribution < 1.29 is 9.72 Å². The van der Waals surface area contributed by atoms with E-state index >= 15 is 0 Å². The van der Waals surface area contributed by atoms with E-state index < -0.39 is 4.92 Å². The van der Waals surface area contributed by atoms with Crippen molar-refractivity contribution in [3.63, 3.8) is 0 Å². The molecule has 0 saturated heterocycles. The Bertz CT molecular complexity index is 1010. The Kier molecular flexibility index (Phi) is 6.75. The molecular weight excluding hydrogens is 380 g/mol. The summed E-state index contributed by atoms with van der Waals surface area (Å²) in [6.45, 7) is 5.46. The van der Waals surface area contributed by atoms with Crippen molar-refractivity contribution in [3.8, 4) is 0 Å². The quantitative estimate of drug-likeness (QED) is 0.402. The summed E-state index contributed by atoms with van der Waals surface area (Å²) in [4.78, 5) is 32.4. The van der Waals surface area contributed by atoms with Crippen molar-refractivity contribution in [2.75, 3.05) is 22.9 Å². The lowest BCUT2D eigenvalue weighted by atomic mass is 10.1. The highest BCUT2D eigenvalue weighted by Gasteiger charge is 2.24. The zero-order chi connectivity index (χ0) is 21.5. The van der Waals surface area contributed by atoms with Crippen molar-refractivity contribution in [1.29, 1.82) is 0 Å². The smallest absolute Gasteiger partial charge is 0.293 e. The maximum atomic E-state index is 13.4. The molecule has 30 heavy (non-hydrogen) atoms. The zero-order valence-corrected chi connectivity index (χ0v) is 17.1. The minimum atomic E-state index is -0.438. The Morgan fingerprint density at radius 2 is 1.70 bits per heavy atom. The van der Waals surface area contributed by atoms with Crippen LogP contribution >= 0.6 is 0 Å². The van der Waals surface area contributed by atoms with Gasteiger partial charge >= 0.3 is 0 Å². The number of benzene rings is 2. The molecule has 0 spiro atoms. The maximum Gasteiger partial charge on any atom is 0.293 e. The predicted molar refractivity (Wildman–Crippen MR) is 118 cm³/mol. The van der Waals surface area contributed by atoms with Crippen molar-refractivity contribution in [3.05, 3.63) is 94.2 Å². The first-order chi connectivity index (χ1) is 14.5. The molecule has 154 valence electrons. The predicted octanol–water partition coefficient (Wildman–Crippen LogP) is 4.68. The molecule has 0 N–H and O–H groups in total. The van der Waals surface area contributed by atoms with Crippen molar-refractivity contribution in [2.24, 2.45) is 0 Å². The van der Waals surface area contributed by atoms with Gasteiger partial charge in [0.15, 0.2) is 0 Å². The summed E-state index contributed by atoms with van der Waals surface area (Å²) in [6, 6.07) is 19.5. The number of rotatable bonds is 8. The largest absolute Gasteiger partial charge is 0.367 e. The van der Waals surface area contributed by atoms with Gasteiger partial charge in [0.05, 0.1) is 11.5 Å². The second-order valence-electron chi connectivity index (χ2n) is 6.70. The van der Waals surface area contributed by atoms with Gasteiger partial charge in [-0.15, -0.1) is 0 Å². The van der Waals surface area contributed by atoms with Crippen LogP contribution in [0.1, 0.15) is 29.8 Å². The molecule has 7 heteroatoms. The van der Waals surface area contributed by atoms with Gasteiger partial charge < -0.3 is 4.90 Å². The fourth-order valence-corrected chi connectivity index (χ4v) is 3.33. The monoisotopic (exact) mass is 404 g/mol. The fraction of sp³-hybridized carbons (Fsp3) is 0.217. The first kappa shape index (κ1) is 21.0. The van der Waals surface area contributed by atoms with Gasteiger partial charge in [0, 0.05) is 30.9 Å². The van der Waals surface area contributed by atoms with E-state index in [9.17, 15) is 14.9 Å². The highest BCUT2D eigenvalue weighted by Crippen LogP contribution is 2.30. The molecule has 0 aliphatic heterocycles. The number of amides is 1. The number of aromatic nitrogens is 1. The lowest BCUT2D eigenvalue weighted by molar-refractivity contribution is -0.384. The number of nitro groups is 1. The van der Waals surface area contributed by atoms with Crippen LogP contribution in [0.5, 0.6) is 0 Å². The van der Waals surface area contributed by atoms with E-state index in [0.29, 0.717) is 31.1 Å². The summed E-state index contributed by atoms with van der Waals surface area (Å²) >= 11 is 0. The molecule has 0 unspecified atom stereocenters. The van der Waals surface area contributed by atoms with Crippen LogP contribution < -0.4 is 9.80 Å². The number of nitrogens with zero attached hydrogens (tertiary/aromatic N) is 4. The molecule has 0 bridgehead atoms. The molecule has 0 saturated carbocycles. The van der Waals surface area contributed by atoms with E-state index in [1.807, 2.05) is 49.1 Å². The van der Waals surface area contributed by atoms with Crippen molar-refractivity contribution in [1.82, 2.24) is 4.98 Å². The molecular formula is C23H24N4O3. The molecule has 0 aliphatic rings. The fourth-order valence-electron chi connectivity index (χ4n) is 3.33. The van der Waals surface area contributed by atoms with Gasteiger partial charge in [0.2, 0.25) is 0 Å². The summed E-state index contributed by atoms with van der Waals surface area (Å²) in [6.07, 6.45) is 1.62. The van der Waals surface area contributed by atoms with Crippen LogP contribution in [0, 0.1) is 10.1 Å². The van der Waals surface area contributed by atoms with Crippen LogP contribution in [0.4, 0.5) is 17.2 Å². The third-order valence-corrected chi connectivity index (χ3v) is 4.88. The number of carbonyl (C=O) groups excluding carboxylic acids is 1. The van der Waals surface area contributed by atoms with Gasteiger partial charge in [-0.25, -0.2) is 4.98 Å². The average Bonchev–Trinajstić information content (AvgIpc) is 2.79. The molecule has 0 atom stereocenters. The summed E-state index contributed by atoms with van der Waals surface area (Å²) in [5.41, 5.74) is 1.61. The first-order valence-electron chi connectivity index (χ1n) is 9.85. The molecule has 1 amide bonds. The van der Waals surface area contributed by atoms with Gasteiger partial charge in [0.25, 0.3) is 11.6 Å². The average molecular weight is 404 g/mol. The summed E-state index contributed by atoms with van der Waals surface area (Å²) < 4.78 is 0. The molecule has 3 rings (SSSR count). The van der Waals surface area contributed by atoms with Crippen LogP contribution in [0.25, 0.3) is 0 Å². The number of carbonyl (C=O) groups is 1. The molecule has 3 aromatic rings. The number of hydrogen-bond acceptors (Lipinski definition) is 5. The van der Waals surface area contributed by atoms with E-state index in [0.717, 1.165) is 5.56 Å². The summed E-state index contributed by atoms with van der Waals surface area (Å²) in [7, 11) is 0. The highest BCUT2D eigenvalue weighted by molar-refractivity contribution is 6.06. The third kappa shape index (κ3) is 4.63. The number of nitro benzene ring substituents is 1. The van der Waals surface area contributed by atoms with Crippen LogP contribution in [0.2, 0.25) is 0 Å². The molecule has 0 radical (unpaired) electrons. The number of hydrogen-bond donors (Lipinski definition) is 0. The van der Waals surface area contributed by atoms with E-state index in [1.165, 1.54) is 11.0 Å². The second-order valence-corrected chi connectivity index (χ2v) is 6.70. The lowest BCUT2D eigenvalue weighted by Crippen LogP contribution is -2.31. The van der Waals surface area contributed by atoms with E-state index in [-0.39, 0.29) is 17.2 Å². The van der Waals surface area contributed by atoms with Gasteiger partial charge in [0.1, 0.15) is 11.5 Å². The van der Waals surface area contributed by atoms with E-state index in [4.69, 9.17) is 0 Å². The third-order valence-electron chi connectivity index (χ3n) is 4.88. The van der Waals surface area contributed by atoms with Gasteiger partial charge in [-0.2, -0.15) is 0 Å². The Balaban J connectivity index is 2.02. The molecule has 7 nitrogen and oxygen atoms in total. The van der Waals surface area contributed by atoms with Crippen LogP contribution in [-0.4, -0.2) is 28.9 Å². The maximum absolute atomic E-state index is 13.4. The van der Waals surface area contributed by atoms with Crippen LogP contribution in [0.3, 0.4) is 0 Å². The van der Waals surface area contributed by atoms with Gasteiger partial charge in [-0.1, -0.05) is 36.4 Å². The molecule has 1 heterocycles. The molecule has 2 aromatic carbocycles.